The highest BCUT2D eigenvalue weighted by molar-refractivity contribution is 5.84. The van der Waals surface area contributed by atoms with Crippen LogP contribution >= 0.6 is 0 Å². The number of likely N-dealkylation sites (N-methyl/N-ethyl adjacent to an activating group) is 1. The van der Waals surface area contributed by atoms with Gasteiger partial charge in [-0.2, -0.15) is 0 Å². The van der Waals surface area contributed by atoms with Crippen LogP contribution in [0.5, 0.6) is 0 Å². The molecule has 1 unspecified atom stereocenters. The van der Waals surface area contributed by atoms with E-state index in [2.05, 4.69) is 59.1 Å². The topological polar surface area (TPSA) is 65.5 Å². The van der Waals surface area contributed by atoms with Gasteiger partial charge in [-0.05, 0) is 32.3 Å². The number of rotatable bonds is 7. The van der Waals surface area contributed by atoms with Gasteiger partial charge in [0.05, 0.1) is 0 Å². The molecular formula is C17H28N4O. The fourth-order valence-electron chi connectivity index (χ4n) is 2.01. The quantitative estimate of drug-likeness (QED) is 0.531. The molecule has 1 aromatic rings. The molecule has 0 aromatic heterocycles. The summed E-state index contributed by atoms with van der Waals surface area (Å²) in [4.78, 5) is 15.8. The average molecular weight is 304 g/mol. The van der Waals surface area contributed by atoms with Crippen LogP contribution < -0.4 is 16.0 Å². The lowest BCUT2D eigenvalue weighted by molar-refractivity contribution is -0.119. The van der Waals surface area contributed by atoms with E-state index < -0.39 is 0 Å². The summed E-state index contributed by atoms with van der Waals surface area (Å²) >= 11 is 0. The maximum Gasteiger partial charge on any atom is 0.241 e. The third-order valence-electron chi connectivity index (χ3n) is 3.32. The highest BCUT2D eigenvalue weighted by atomic mass is 16.1. The molecule has 1 rings (SSSR count). The minimum absolute atomic E-state index is 0.0636. The first kappa shape index (κ1) is 18.0. The lowest BCUT2D eigenvalue weighted by Gasteiger charge is -2.16. The Morgan fingerprint density at radius 1 is 1.09 bits per heavy atom. The molecule has 0 radical (unpaired) electrons. The number of aliphatic imine (C=N–C) groups is 1. The van der Waals surface area contributed by atoms with Crippen molar-refractivity contribution in [3.63, 3.8) is 0 Å². The van der Waals surface area contributed by atoms with Gasteiger partial charge in [-0.1, -0.05) is 36.8 Å². The van der Waals surface area contributed by atoms with Crippen molar-refractivity contribution in [2.75, 3.05) is 26.2 Å². The summed E-state index contributed by atoms with van der Waals surface area (Å²) in [6.07, 6.45) is 0. The van der Waals surface area contributed by atoms with Crippen LogP contribution in [0.25, 0.3) is 0 Å². The molecule has 0 bridgehead atoms. The van der Waals surface area contributed by atoms with Crippen LogP contribution in [0.2, 0.25) is 0 Å². The predicted octanol–water partition coefficient (Wildman–Crippen LogP) is 1.79. The van der Waals surface area contributed by atoms with Crippen molar-refractivity contribution in [3.05, 3.63) is 35.4 Å². The van der Waals surface area contributed by atoms with Gasteiger partial charge < -0.3 is 16.0 Å². The van der Waals surface area contributed by atoms with E-state index in [4.69, 9.17) is 0 Å². The number of carbonyl (C=O) groups excluding carboxylic acids is 1. The number of hydrogen-bond acceptors (Lipinski definition) is 2. The minimum atomic E-state index is -0.0636. The van der Waals surface area contributed by atoms with Crippen molar-refractivity contribution >= 4 is 11.9 Å². The third-order valence-corrected chi connectivity index (χ3v) is 3.32. The molecule has 22 heavy (non-hydrogen) atoms. The molecule has 0 spiro atoms. The summed E-state index contributed by atoms with van der Waals surface area (Å²) in [5.74, 6) is 0.980. The second-order valence-electron chi connectivity index (χ2n) is 5.34. The van der Waals surface area contributed by atoms with Crippen LogP contribution in [-0.4, -0.2) is 38.0 Å². The number of guanidine groups is 1. The maximum atomic E-state index is 11.5. The van der Waals surface area contributed by atoms with Gasteiger partial charge in [0.25, 0.3) is 0 Å². The summed E-state index contributed by atoms with van der Waals surface area (Å²) in [7, 11) is 0. The molecule has 0 saturated carbocycles. The van der Waals surface area contributed by atoms with Crippen molar-refractivity contribution in [1.29, 1.82) is 0 Å². The predicted molar refractivity (Wildman–Crippen MR) is 92.3 cm³/mol. The molecule has 3 N–H and O–H groups in total. The van der Waals surface area contributed by atoms with E-state index in [9.17, 15) is 4.79 Å². The first-order valence-corrected chi connectivity index (χ1v) is 7.92. The molecule has 5 nitrogen and oxygen atoms in total. The zero-order chi connectivity index (χ0) is 16.4. The van der Waals surface area contributed by atoms with Crippen LogP contribution in [0.4, 0.5) is 0 Å². The molecule has 1 amide bonds. The number of nitrogens with zero attached hydrogens (tertiary/aromatic N) is 1. The second kappa shape index (κ2) is 9.82. The largest absolute Gasteiger partial charge is 0.357 e. The number of benzene rings is 1. The van der Waals surface area contributed by atoms with Gasteiger partial charge in [0.15, 0.2) is 5.96 Å². The Morgan fingerprint density at radius 2 is 1.73 bits per heavy atom. The Labute approximate surface area is 133 Å². The first-order chi connectivity index (χ1) is 10.6. The van der Waals surface area contributed by atoms with Gasteiger partial charge in [0, 0.05) is 19.6 Å². The zero-order valence-corrected chi connectivity index (χ0v) is 14.1. The lowest BCUT2D eigenvalue weighted by atomic mass is 10.0. The van der Waals surface area contributed by atoms with Crippen LogP contribution in [0.15, 0.2) is 29.3 Å². The van der Waals surface area contributed by atoms with E-state index in [-0.39, 0.29) is 12.5 Å². The van der Waals surface area contributed by atoms with Crippen LogP contribution in [-0.2, 0) is 4.79 Å². The molecule has 5 heteroatoms. The Morgan fingerprint density at radius 3 is 2.32 bits per heavy atom. The minimum Gasteiger partial charge on any atom is -0.357 e. The number of aryl methyl sites for hydroxylation is 1. The normalized spacial score (nSPS) is 12.6. The van der Waals surface area contributed by atoms with Gasteiger partial charge in [-0.3, -0.25) is 4.79 Å². The SMILES string of the molecule is CCNC(=O)CN=C(NCC)NCC(C)c1ccc(C)cc1. The van der Waals surface area contributed by atoms with Gasteiger partial charge in [-0.25, -0.2) is 4.99 Å². The fourth-order valence-corrected chi connectivity index (χ4v) is 2.01. The molecule has 0 fully saturated rings. The number of nitrogens with one attached hydrogen (secondary N) is 3. The Kier molecular flexibility index (Phi) is 8.04. The molecule has 0 aliphatic heterocycles. The summed E-state index contributed by atoms with van der Waals surface area (Å²) in [6.45, 7) is 10.5. The second-order valence-corrected chi connectivity index (χ2v) is 5.34. The highest BCUT2D eigenvalue weighted by Crippen LogP contribution is 2.14. The summed E-state index contributed by atoms with van der Waals surface area (Å²) < 4.78 is 0. The van der Waals surface area contributed by atoms with E-state index in [1.165, 1.54) is 11.1 Å². The van der Waals surface area contributed by atoms with Gasteiger partial charge in [-0.15, -0.1) is 0 Å². The summed E-state index contributed by atoms with van der Waals surface area (Å²) in [6, 6.07) is 8.56. The monoisotopic (exact) mass is 304 g/mol. The van der Waals surface area contributed by atoms with Crippen molar-refractivity contribution in [3.8, 4) is 0 Å². The van der Waals surface area contributed by atoms with Crippen molar-refractivity contribution < 1.29 is 4.79 Å². The molecule has 122 valence electrons. The number of carbonyl (C=O) groups is 1. The molecule has 0 aliphatic rings. The molecule has 1 atom stereocenters. The Hall–Kier alpha value is -2.04. The van der Waals surface area contributed by atoms with E-state index in [1.54, 1.807) is 0 Å². The number of hydrogen-bond donors (Lipinski definition) is 3. The van der Waals surface area contributed by atoms with E-state index in [0.717, 1.165) is 13.1 Å². The van der Waals surface area contributed by atoms with Crippen LogP contribution in [0, 0.1) is 6.92 Å². The van der Waals surface area contributed by atoms with E-state index in [1.807, 2.05) is 13.8 Å². The van der Waals surface area contributed by atoms with Crippen molar-refractivity contribution in [1.82, 2.24) is 16.0 Å². The maximum absolute atomic E-state index is 11.5. The highest BCUT2D eigenvalue weighted by Gasteiger charge is 2.07. The molecule has 0 aliphatic carbocycles. The zero-order valence-electron chi connectivity index (χ0n) is 14.1. The van der Waals surface area contributed by atoms with E-state index >= 15 is 0 Å². The van der Waals surface area contributed by atoms with Crippen LogP contribution in [0.1, 0.15) is 37.8 Å². The lowest BCUT2D eigenvalue weighted by Crippen LogP contribution is -2.40. The summed E-state index contributed by atoms with van der Waals surface area (Å²) in [5.41, 5.74) is 2.55. The number of amides is 1. The molecular weight excluding hydrogens is 276 g/mol. The average Bonchev–Trinajstić information content (AvgIpc) is 2.50. The molecule has 0 saturated heterocycles. The van der Waals surface area contributed by atoms with Crippen molar-refractivity contribution in [2.45, 2.75) is 33.6 Å². The van der Waals surface area contributed by atoms with Crippen LogP contribution in [0.3, 0.4) is 0 Å². The van der Waals surface area contributed by atoms with E-state index in [0.29, 0.717) is 18.4 Å². The summed E-state index contributed by atoms with van der Waals surface area (Å²) in [5, 5.41) is 9.18. The Bertz CT molecular complexity index is 482. The van der Waals surface area contributed by atoms with Gasteiger partial charge in [0.2, 0.25) is 5.91 Å². The Balaban J connectivity index is 2.54. The first-order valence-electron chi connectivity index (χ1n) is 7.92. The van der Waals surface area contributed by atoms with Crippen molar-refractivity contribution in [2.24, 2.45) is 4.99 Å². The van der Waals surface area contributed by atoms with Gasteiger partial charge >= 0.3 is 0 Å². The fraction of sp³-hybridized carbons (Fsp3) is 0.529. The molecule has 0 heterocycles. The molecule has 1 aromatic carbocycles. The van der Waals surface area contributed by atoms with Gasteiger partial charge in [0.1, 0.15) is 6.54 Å². The smallest absolute Gasteiger partial charge is 0.241 e. The third kappa shape index (κ3) is 6.61. The standard InChI is InChI=1S/C17H28N4O/c1-5-18-16(22)12-21-17(19-6-2)20-11-14(4)15-9-7-13(3)8-10-15/h7-10,14H,5-6,11-12H2,1-4H3,(H,18,22)(H2,19,20,21).